The zero-order valence-corrected chi connectivity index (χ0v) is 30.2. The molecule has 1 radical (unpaired) electrons. The first-order valence-corrected chi connectivity index (χ1v) is 18.1. The second kappa shape index (κ2) is 18.0. The number of aromatic nitrogens is 2. The van der Waals surface area contributed by atoms with Crippen LogP contribution in [0.25, 0.3) is 9.44 Å². The normalized spacial score (nSPS) is 11.3. The van der Waals surface area contributed by atoms with Crippen molar-refractivity contribution in [1.29, 1.82) is 0 Å². The Morgan fingerprint density at radius 2 is 0.843 bits per heavy atom. The summed E-state index contributed by atoms with van der Waals surface area (Å²) in [5.41, 5.74) is 4.83. The third kappa shape index (κ3) is 11.3. The number of pyridine rings is 2. The van der Waals surface area contributed by atoms with E-state index in [0.717, 1.165) is 11.1 Å². The van der Waals surface area contributed by atoms with Gasteiger partial charge in [0.05, 0.1) is 33.6 Å². The second-order valence-electron chi connectivity index (χ2n) is 10.8. The smallest absolute Gasteiger partial charge is 0.571 e. The van der Waals surface area contributed by atoms with Crippen LogP contribution in [0.5, 0.6) is 0 Å². The van der Waals surface area contributed by atoms with Crippen molar-refractivity contribution in [2.45, 2.75) is 23.6 Å². The zero-order valence-electron chi connectivity index (χ0n) is 27.5. The molecule has 6 rings (SSSR count). The maximum Gasteiger partial charge on any atom is 2.00 e. The first kappa shape index (κ1) is 38.3. The first-order chi connectivity index (χ1) is 24.1. The summed E-state index contributed by atoms with van der Waals surface area (Å²) in [5.74, 6) is 0. The van der Waals surface area contributed by atoms with Gasteiger partial charge in [0.2, 0.25) is 0 Å². The number of sulfonamides is 2. The number of rotatable bonds is 10. The zero-order chi connectivity index (χ0) is 35.4. The molecule has 0 fully saturated rings. The van der Waals surface area contributed by atoms with Gasteiger partial charge < -0.3 is 9.44 Å². The minimum Gasteiger partial charge on any atom is -0.571 e. The number of hydrogen-bond donors (Lipinski definition) is 0. The fraction of sp³-hybridized carbons (Fsp3) is 0.0526. The third-order valence-electron chi connectivity index (χ3n) is 6.89. The van der Waals surface area contributed by atoms with E-state index in [-0.39, 0.29) is 37.9 Å². The van der Waals surface area contributed by atoms with Crippen molar-refractivity contribution in [2.75, 3.05) is 0 Å². The van der Waals surface area contributed by atoms with E-state index in [4.69, 9.17) is 0 Å². The molecule has 0 unspecified atom stereocenters. The summed E-state index contributed by atoms with van der Waals surface area (Å²) in [4.78, 5) is 17.3. The summed E-state index contributed by atoms with van der Waals surface area (Å²) in [6.07, 6.45) is 6.48. The van der Waals surface area contributed by atoms with E-state index < -0.39 is 20.0 Å². The molecule has 259 valence electrons. The summed E-state index contributed by atoms with van der Waals surface area (Å²) in [5, 5.41) is 0. The molecule has 13 heteroatoms. The molecule has 0 bridgehead atoms. The monoisotopic (exact) mass is 759 g/mol. The van der Waals surface area contributed by atoms with Crippen LogP contribution in [0, 0.1) is 13.8 Å². The molecule has 2 heterocycles. The van der Waals surface area contributed by atoms with E-state index in [1.54, 1.807) is 122 Å². The third-order valence-corrected chi connectivity index (χ3v) is 9.50. The van der Waals surface area contributed by atoms with Crippen LogP contribution in [0.1, 0.15) is 22.5 Å². The first-order valence-electron chi connectivity index (χ1n) is 15.3. The maximum absolute atomic E-state index is 12.5. The Kier molecular flexibility index (Phi) is 13.5. The fourth-order valence-electron chi connectivity index (χ4n) is 4.26. The van der Waals surface area contributed by atoms with Crippen LogP contribution in [0.4, 0.5) is 22.7 Å². The maximum atomic E-state index is 12.5. The van der Waals surface area contributed by atoms with Crippen molar-refractivity contribution in [1.82, 2.24) is 9.97 Å². The quantitative estimate of drug-likeness (QED) is 0.127. The molecule has 0 amide bonds. The fourth-order valence-corrected chi connectivity index (χ4v) is 6.26. The molecule has 0 saturated carbocycles. The van der Waals surface area contributed by atoms with Gasteiger partial charge in [-0.3, -0.25) is 20.0 Å². The van der Waals surface area contributed by atoms with Crippen molar-refractivity contribution in [2.24, 2.45) is 9.98 Å². The van der Waals surface area contributed by atoms with E-state index in [1.165, 1.54) is 0 Å². The van der Waals surface area contributed by atoms with Gasteiger partial charge in [-0.25, -0.2) is 16.8 Å². The molecular weight excluding hydrogens is 728 g/mol. The van der Waals surface area contributed by atoms with Crippen molar-refractivity contribution in [3.05, 3.63) is 178 Å². The number of aliphatic imine (C=N–C) groups is 2. The molecule has 0 atom stereocenters. The molecule has 4 aromatic carbocycles. The van der Waals surface area contributed by atoms with Crippen LogP contribution in [0.2, 0.25) is 0 Å². The van der Waals surface area contributed by atoms with E-state index >= 15 is 0 Å². The Balaban J connectivity index is 0.000000224. The summed E-state index contributed by atoms with van der Waals surface area (Å²) >= 11 is 0. The van der Waals surface area contributed by atoms with Gasteiger partial charge in [0.15, 0.2) is 0 Å². The second-order valence-corrected chi connectivity index (χ2v) is 14.0. The Bertz CT molecular complexity index is 2140. The van der Waals surface area contributed by atoms with E-state index in [1.807, 2.05) is 50.2 Å². The number of nitrogens with zero attached hydrogens (tertiary/aromatic N) is 6. The van der Waals surface area contributed by atoms with E-state index in [0.29, 0.717) is 22.8 Å². The predicted octanol–water partition coefficient (Wildman–Crippen LogP) is 9.07. The van der Waals surface area contributed by atoms with Crippen molar-refractivity contribution >= 4 is 55.2 Å². The molecule has 0 N–H and O–H groups in total. The molecule has 0 saturated heterocycles. The van der Waals surface area contributed by atoms with Crippen LogP contribution in [-0.4, -0.2) is 39.2 Å². The van der Waals surface area contributed by atoms with Gasteiger partial charge in [0.1, 0.15) is 20.0 Å². The van der Waals surface area contributed by atoms with Crippen molar-refractivity contribution < 1.29 is 33.6 Å². The standard InChI is InChI=1S/2C19H16N3O2S.Co/c2*1-15-9-11-17(12-10-15)25(23,24)22-19-8-3-2-7-18(19)21-14-16-6-4-5-13-20-16;/h2*2-14H,1H3;/q2*-1;+2. The number of benzene rings is 4. The summed E-state index contributed by atoms with van der Waals surface area (Å²) < 4.78 is 57.9. The van der Waals surface area contributed by atoms with Crippen LogP contribution in [0.3, 0.4) is 0 Å². The van der Waals surface area contributed by atoms with E-state index in [2.05, 4.69) is 29.4 Å². The van der Waals surface area contributed by atoms with Gasteiger partial charge in [-0.1, -0.05) is 83.9 Å². The molecule has 0 aliphatic carbocycles. The largest absolute Gasteiger partial charge is 2.00 e. The van der Waals surface area contributed by atoms with Crippen LogP contribution in [0.15, 0.2) is 166 Å². The van der Waals surface area contributed by atoms with Gasteiger partial charge in [0, 0.05) is 23.8 Å². The molecule has 2 aromatic heterocycles. The average Bonchev–Trinajstić information content (AvgIpc) is 3.12. The minimum absolute atomic E-state index is 0. The number of aryl methyl sites for hydroxylation is 2. The molecular formula is C38H32CoN6O4S2. The van der Waals surface area contributed by atoms with Crippen molar-refractivity contribution in [3.63, 3.8) is 0 Å². The van der Waals surface area contributed by atoms with Gasteiger partial charge in [-0.2, -0.15) is 0 Å². The van der Waals surface area contributed by atoms with Gasteiger partial charge >= 0.3 is 16.8 Å². The molecule has 0 spiro atoms. The molecule has 0 aliphatic heterocycles. The predicted molar refractivity (Wildman–Crippen MR) is 199 cm³/mol. The molecule has 10 nitrogen and oxygen atoms in total. The molecule has 51 heavy (non-hydrogen) atoms. The minimum atomic E-state index is -3.80. The number of hydrogen-bond acceptors (Lipinski definition) is 8. The summed E-state index contributed by atoms with van der Waals surface area (Å²) in [6, 6.07) is 37.8. The summed E-state index contributed by atoms with van der Waals surface area (Å²) in [7, 11) is -7.60. The Hall–Kier alpha value is -5.47. The van der Waals surface area contributed by atoms with E-state index in [9.17, 15) is 16.8 Å². The van der Waals surface area contributed by atoms with Crippen LogP contribution < -0.4 is 0 Å². The number of para-hydroxylation sites is 2. The Labute approximate surface area is 308 Å². The Morgan fingerprint density at radius 1 is 0.490 bits per heavy atom. The summed E-state index contributed by atoms with van der Waals surface area (Å²) in [6.45, 7) is 3.80. The van der Waals surface area contributed by atoms with Gasteiger partial charge in [-0.05, 0) is 74.5 Å². The van der Waals surface area contributed by atoms with Crippen LogP contribution in [-0.2, 0) is 36.8 Å². The Morgan fingerprint density at radius 3 is 1.20 bits per heavy atom. The topological polar surface area (TPSA) is 147 Å². The van der Waals surface area contributed by atoms with Crippen LogP contribution >= 0.6 is 0 Å². The SMILES string of the molecule is Cc1ccc(S(=O)(=O)[N-]c2ccccc2N=Cc2ccccn2)cc1.Cc1ccc(S(=O)(=O)[N-]c2ccccc2N=Cc2ccccn2)cc1.[Co+2]. The average molecular weight is 760 g/mol. The molecule has 6 aromatic rings. The molecule has 0 aliphatic rings. The van der Waals surface area contributed by atoms with Gasteiger partial charge in [-0.15, -0.1) is 11.4 Å². The van der Waals surface area contributed by atoms with Gasteiger partial charge in [0.25, 0.3) is 0 Å². The van der Waals surface area contributed by atoms with Crippen molar-refractivity contribution in [3.8, 4) is 0 Å².